The molecule has 262 valence electrons. The fraction of sp³-hybridized carbons (Fsp3) is 0.294. The fourth-order valence-corrected chi connectivity index (χ4v) is 12.8. The van der Waals surface area contributed by atoms with Crippen molar-refractivity contribution in [2.75, 3.05) is 4.90 Å². The summed E-state index contributed by atoms with van der Waals surface area (Å²) in [4.78, 5) is 2.58. The number of rotatable bonds is 4. The number of thiophene rings is 1. The molecule has 0 N–H and O–H groups in total. The number of benzene rings is 6. The highest BCUT2D eigenvalue weighted by Gasteiger charge is 2.60. The van der Waals surface area contributed by atoms with Crippen molar-refractivity contribution in [2.45, 2.75) is 70.1 Å². The van der Waals surface area contributed by atoms with Crippen molar-refractivity contribution in [1.29, 1.82) is 0 Å². The Kier molecular flexibility index (Phi) is 7.01. The Labute approximate surface area is 318 Å². The van der Waals surface area contributed by atoms with Gasteiger partial charge in [-0.05, 0) is 137 Å². The van der Waals surface area contributed by atoms with Crippen LogP contribution in [-0.4, -0.2) is 0 Å². The minimum atomic E-state index is 0.121. The van der Waals surface area contributed by atoms with Gasteiger partial charge in [-0.25, -0.2) is 0 Å². The topological polar surface area (TPSA) is 3.24 Å². The average molecular weight is 706 g/mol. The molecule has 0 aliphatic heterocycles. The van der Waals surface area contributed by atoms with E-state index < -0.39 is 0 Å². The molecule has 0 radical (unpaired) electrons. The first-order valence-corrected chi connectivity index (χ1v) is 20.8. The molecule has 1 aromatic heterocycles. The third-order valence-corrected chi connectivity index (χ3v) is 15.1. The van der Waals surface area contributed by atoms with Gasteiger partial charge in [0.2, 0.25) is 0 Å². The van der Waals surface area contributed by atoms with Gasteiger partial charge >= 0.3 is 0 Å². The molecule has 1 nitrogen and oxygen atoms in total. The van der Waals surface area contributed by atoms with Crippen LogP contribution in [0.3, 0.4) is 0 Å². The molecule has 12 rings (SSSR count). The molecule has 5 atom stereocenters. The van der Waals surface area contributed by atoms with Crippen LogP contribution in [-0.2, 0) is 10.8 Å². The minimum Gasteiger partial charge on any atom is -0.310 e. The molecule has 5 aliphatic rings. The van der Waals surface area contributed by atoms with Gasteiger partial charge < -0.3 is 4.90 Å². The van der Waals surface area contributed by atoms with E-state index in [2.05, 4.69) is 159 Å². The summed E-state index contributed by atoms with van der Waals surface area (Å²) in [6.45, 7) is 6.85. The lowest BCUT2D eigenvalue weighted by Crippen LogP contribution is -2.48. The Hall–Kier alpha value is -4.66. The third kappa shape index (κ3) is 4.74. The summed E-state index contributed by atoms with van der Waals surface area (Å²) in [5.74, 6) is 3.29. The number of fused-ring (bicyclic) bond motifs is 7. The second-order valence-corrected chi connectivity index (χ2v) is 18.8. The molecule has 0 saturated heterocycles. The van der Waals surface area contributed by atoms with Crippen LogP contribution in [0.2, 0.25) is 0 Å². The third-order valence-electron chi connectivity index (χ3n) is 13.9. The van der Waals surface area contributed by atoms with Crippen molar-refractivity contribution < 1.29 is 0 Å². The van der Waals surface area contributed by atoms with Crippen LogP contribution in [0.25, 0.3) is 42.4 Å². The Balaban J connectivity index is 1.11. The summed E-state index contributed by atoms with van der Waals surface area (Å²) in [7, 11) is 0. The Morgan fingerprint density at radius 2 is 1.25 bits per heavy atom. The molecule has 2 heteroatoms. The largest absolute Gasteiger partial charge is 0.310 e. The van der Waals surface area contributed by atoms with E-state index in [1.807, 2.05) is 11.3 Å². The van der Waals surface area contributed by atoms with Gasteiger partial charge in [0.15, 0.2) is 0 Å². The molecule has 5 aliphatic carbocycles. The molecule has 4 bridgehead atoms. The van der Waals surface area contributed by atoms with Gasteiger partial charge in [0, 0.05) is 42.5 Å². The molecule has 4 fully saturated rings. The normalized spacial score (nSPS) is 24.1. The Bertz CT molecular complexity index is 2520. The van der Waals surface area contributed by atoms with Gasteiger partial charge in [0.05, 0.1) is 5.69 Å². The highest BCUT2D eigenvalue weighted by Crippen LogP contribution is 2.68. The summed E-state index contributed by atoms with van der Waals surface area (Å²) >= 11 is 1.90. The zero-order chi connectivity index (χ0) is 35.5. The second-order valence-electron chi connectivity index (χ2n) is 17.7. The van der Waals surface area contributed by atoms with E-state index in [4.69, 9.17) is 0 Å². The van der Waals surface area contributed by atoms with Crippen molar-refractivity contribution >= 4 is 48.6 Å². The highest BCUT2D eigenvalue weighted by molar-refractivity contribution is 7.25. The lowest BCUT2D eigenvalue weighted by Gasteiger charge is -2.53. The molecule has 6 aromatic carbocycles. The summed E-state index contributed by atoms with van der Waals surface area (Å²) in [6, 6.07) is 51.5. The SMILES string of the molecule is CC(C)(C)c1ccc(-c2ccc(N(c3ccc4sc5ccccc5c4c3)c3cccc4c3-c3ccccc3C43C4CCC5CC(C4)CC3C5)cc2)cc1. The smallest absolute Gasteiger partial charge is 0.0543 e. The molecule has 1 spiro atoms. The van der Waals surface area contributed by atoms with Crippen molar-refractivity contribution in [3.8, 4) is 22.3 Å². The van der Waals surface area contributed by atoms with E-state index in [0.29, 0.717) is 0 Å². The van der Waals surface area contributed by atoms with Crippen LogP contribution < -0.4 is 4.90 Å². The number of hydrogen-bond acceptors (Lipinski definition) is 2. The van der Waals surface area contributed by atoms with Gasteiger partial charge in [0.1, 0.15) is 0 Å². The van der Waals surface area contributed by atoms with Gasteiger partial charge in [-0.15, -0.1) is 11.3 Å². The monoisotopic (exact) mass is 705 g/mol. The zero-order valence-electron chi connectivity index (χ0n) is 31.1. The van der Waals surface area contributed by atoms with Gasteiger partial charge in [-0.1, -0.05) is 118 Å². The lowest BCUT2D eigenvalue weighted by atomic mass is 9.51. The highest BCUT2D eigenvalue weighted by atomic mass is 32.1. The molecule has 0 amide bonds. The lowest BCUT2D eigenvalue weighted by molar-refractivity contribution is 0.0618. The number of nitrogens with zero attached hydrogens (tertiary/aromatic N) is 1. The van der Waals surface area contributed by atoms with E-state index in [1.165, 1.54) is 104 Å². The predicted molar refractivity (Wildman–Crippen MR) is 226 cm³/mol. The van der Waals surface area contributed by atoms with Crippen LogP contribution in [0.4, 0.5) is 17.1 Å². The molecule has 53 heavy (non-hydrogen) atoms. The predicted octanol–water partition coefficient (Wildman–Crippen LogP) is 14.6. The van der Waals surface area contributed by atoms with Crippen LogP contribution >= 0.6 is 11.3 Å². The molecule has 4 saturated carbocycles. The van der Waals surface area contributed by atoms with Crippen molar-refractivity contribution in [3.05, 3.63) is 150 Å². The molecular weight excluding hydrogens is 659 g/mol. The summed E-state index contributed by atoms with van der Waals surface area (Å²) < 4.78 is 2.69. The summed E-state index contributed by atoms with van der Waals surface area (Å²) in [5, 5.41) is 2.68. The fourth-order valence-electron chi connectivity index (χ4n) is 11.8. The molecule has 5 unspecified atom stereocenters. The van der Waals surface area contributed by atoms with E-state index in [0.717, 1.165) is 23.7 Å². The zero-order valence-corrected chi connectivity index (χ0v) is 31.9. The van der Waals surface area contributed by atoms with Crippen molar-refractivity contribution in [1.82, 2.24) is 0 Å². The van der Waals surface area contributed by atoms with Crippen molar-refractivity contribution in [2.24, 2.45) is 23.7 Å². The van der Waals surface area contributed by atoms with Gasteiger partial charge in [-0.2, -0.15) is 0 Å². The number of anilines is 3. The Morgan fingerprint density at radius 1 is 0.566 bits per heavy atom. The summed E-state index contributed by atoms with van der Waals surface area (Å²) in [6.07, 6.45) is 8.46. The van der Waals surface area contributed by atoms with Crippen molar-refractivity contribution in [3.63, 3.8) is 0 Å². The maximum atomic E-state index is 2.58. The van der Waals surface area contributed by atoms with E-state index in [9.17, 15) is 0 Å². The van der Waals surface area contributed by atoms with Crippen LogP contribution in [0.15, 0.2) is 133 Å². The average Bonchev–Trinajstić information content (AvgIpc) is 3.61. The standard InChI is InChI=1S/C51H47NS/c1-50(2,3)36-21-16-34(17-22-36)35-18-23-39(24-19-35)52(40-25-26-48-43(31-40)41-9-5-7-14-47(41)53-48)46-13-8-12-45-49(46)42-10-4-6-11-44(42)51(45)37-20-15-32-27-33(29-37)30-38(51)28-32/h4-14,16-19,21-26,31-33,37-38H,15,20,27-30H2,1-3H3. The maximum Gasteiger partial charge on any atom is 0.0543 e. The van der Waals surface area contributed by atoms with E-state index >= 15 is 0 Å². The minimum absolute atomic E-state index is 0.121. The molecule has 7 aromatic rings. The maximum absolute atomic E-state index is 2.58. The van der Waals surface area contributed by atoms with Crippen LogP contribution in [0.1, 0.15) is 76.0 Å². The van der Waals surface area contributed by atoms with Gasteiger partial charge in [-0.3, -0.25) is 0 Å². The number of hydrogen-bond donors (Lipinski definition) is 0. The quantitative estimate of drug-likeness (QED) is 0.176. The summed E-state index contributed by atoms with van der Waals surface area (Å²) in [5.41, 5.74) is 14.0. The molecule has 1 heterocycles. The Morgan fingerprint density at radius 3 is 2.08 bits per heavy atom. The van der Waals surface area contributed by atoms with Crippen LogP contribution in [0.5, 0.6) is 0 Å². The van der Waals surface area contributed by atoms with Gasteiger partial charge in [0.25, 0.3) is 0 Å². The first kappa shape index (κ1) is 31.8. The van der Waals surface area contributed by atoms with E-state index in [-0.39, 0.29) is 10.8 Å². The first-order chi connectivity index (χ1) is 25.9. The second kappa shape index (κ2) is 11.7. The van der Waals surface area contributed by atoms with Crippen LogP contribution in [0, 0.1) is 23.7 Å². The molecular formula is C51H47NS. The first-order valence-electron chi connectivity index (χ1n) is 20.0. The van der Waals surface area contributed by atoms with E-state index in [1.54, 1.807) is 11.1 Å².